The topological polar surface area (TPSA) is 0 Å². The van der Waals surface area contributed by atoms with Crippen molar-refractivity contribution in [2.45, 2.75) is 34.2 Å². The van der Waals surface area contributed by atoms with Gasteiger partial charge in [0.2, 0.25) is 0 Å². The molecule has 0 spiro atoms. The molecule has 0 amide bonds. The molecule has 2 aliphatic carbocycles. The molecule has 4 aromatic carbocycles. The zero-order valence-electron chi connectivity index (χ0n) is 23.6. The standard InChI is InChI=1S/2C16H11Cl2.C2H7Si.2ClH.Zr/c2*1-10-5-11-3-2-4-15(16(11)6-10)12-7-13(17)9-14(18)8-12;1-3-2;;;/h2*2-9H,1H3;3H,1-2H3;2*1H;/q;;;;;+2/p-2. The van der Waals surface area contributed by atoms with Crippen LogP contribution in [0, 0.1) is 0 Å². The Morgan fingerprint density at radius 3 is 1.26 bits per heavy atom. The van der Waals surface area contributed by atoms with Gasteiger partial charge in [-0.05, 0) is 0 Å². The summed E-state index contributed by atoms with van der Waals surface area (Å²) >= 11 is 20.9. The third kappa shape index (κ3) is 4.98. The van der Waals surface area contributed by atoms with E-state index in [0.717, 1.165) is 33.4 Å². The summed E-state index contributed by atoms with van der Waals surface area (Å²) in [5.41, 5.74) is 11.4. The monoisotopic (exact) mass is 765 g/mol. The zero-order chi connectivity index (χ0) is 30.2. The van der Waals surface area contributed by atoms with Crippen molar-refractivity contribution >= 4 is 81.5 Å². The molecule has 6 rings (SSSR count). The molecule has 0 aliphatic heterocycles. The number of hydrogen-bond donors (Lipinski definition) is 0. The van der Waals surface area contributed by atoms with E-state index in [9.17, 15) is 0 Å². The molecule has 0 saturated heterocycles. The van der Waals surface area contributed by atoms with Gasteiger partial charge in [-0.2, -0.15) is 0 Å². The third-order valence-electron chi connectivity index (χ3n) is 9.11. The normalized spacial score (nSPS) is 18.8. The number of fused-ring (bicyclic) bond motifs is 2. The van der Waals surface area contributed by atoms with Gasteiger partial charge in [0, 0.05) is 0 Å². The van der Waals surface area contributed by atoms with E-state index < -0.39 is 21.5 Å². The molecule has 0 fully saturated rings. The van der Waals surface area contributed by atoms with E-state index >= 15 is 0 Å². The first-order valence-corrected chi connectivity index (χ1v) is 31.7. The van der Waals surface area contributed by atoms with Crippen molar-refractivity contribution in [2.75, 3.05) is 0 Å². The van der Waals surface area contributed by atoms with Crippen LogP contribution in [0.15, 0.2) is 83.9 Å². The molecule has 0 aromatic heterocycles. The number of benzene rings is 4. The van der Waals surface area contributed by atoms with Gasteiger partial charge in [-0.15, -0.1) is 0 Å². The summed E-state index contributed by atoms with van der Waals surface area (Å²) in [6.07, 6.45) is 4.58. The van der Waals surface area contributed by atoms with E-state index in [1.54, 1.807) is 12.1 Å². The quantitative estimate of drug-likeness (QED) is 0.177. The van der Waals surface area contributed by atoms with Crippen LogP contribution < -0.4 is 0 Å². The van der Waals surface area contributed by atoms with Crippen molar-refractivity contribution in [3.63, 3.8) is 0 Å². The van der Waals surface area contributed by atoms with Crippen LogP contribution in [0.4, 0.5) is 0 Å². The van der Waals surface area contributed by atoms with Gasteiger partial charge in [0.25, 0.3) is 0 Å². The Labute approximate surface area is 277 Å². The number of rotatable bonds is 5. The predicted molar refractivity (Wildman–Crippen MR) is 187 cm³/mol. The Kier molecular flexibility index (Phi) is 8.33. The SMILES string of the molecule is CC1=Cc2c(-c3cc(Cl)cc(Cl)c3)cccc2[CH]1[Zr]([Cl])([Cl])([CH]1C(C)=Cc2c(-c3cc(Cl)cc(Cl)c3)cccc21)[SiH](C)C. The molecule has 8 heteroatoms. The average molecular weight is 770 g/mol. The maximum atomic E-state index is 8.36. The fourth-order valence-electron chi connectivity index (χ4n) is 7.32. The molecule has 0 saturated carbocycles. The van der Waals surface area contributed by atoms with Crippen LogP contribution in [0.3, 0.4) is 0 Å². The predicted octanol–water partition coefficient (Wildman–Crippen LogP) is 13.2. The summed E-state index contributed by atoms with van der Waals surface area (Å²) in [6.45, 7) is 9.10. The molecule has 2 aliphatic rings. The molecule has 4 aromatic rings. The van der Waals surface area contributed by atoms with Gasteiger partial charge in [-0.3, -0.25) is 0 Å². The van der Waals surface area contributed by atoms with Gasteiger partial charge in [-0.1, -0.05) is 0 Å². The van der Waals surface area contributed by atoms with Crippen molar-refractivity contribution in [3.8, 4) is 22.3 Å². The Hall–Kier alpha value is -0.800. The number of allylic oxidation sites excluding steroid dienone is 2. The van der Waals surface area contributed by atoms with Crippen LogP contribution in [-0.2, 0) is 15.6 Å². The van der Waals surface area contributed by atoms with Gasteiger partial charge >= 0.3 is 280 Å². The fourth-order valence-corrected chi connectivity index (χ4v) is 41.3. The number of halogens is 6. The maximum absolute atomic E-state index is 8.36. The van der Waals surface area contributed by atoms with Gasteiger partial charge in [0.05, 0.1) is 0 Å². The van der Waals surface area contributed by atoms with E-state index in [4.69, 9.17) is 63.4 Å². The Morgan fingerprint density at radius 2 is 0.929 bits per heavy atom. The van der Waals surface area contributed by atoms with E-state index in [0.29, 0.717) is 20.1 Å². The van der Waals surface area contributed by atoms with Crippen LogP contribution in [-0.4, -0.2) is 5.92 Å². The Morgan fingerprint density at radius 1 is 0.571 bits per heavy atom. The molecule has 0 N–H and O–H groups in total. The first-order chi connectivity index (χ1) is 19.8. The van der Waals surface area contributed by atoms with Crippen molar-refractivity contribution in [3.05, 3.63) is 126 Å². The van der Waals surface area contributed by atoms with E-state index in [2.05, 4.69) is 75.5 Å². The molecule has 0 radical (unpaired) electrons. The van der Waals surface area contributed by atoms with Crippen molar-refractivity contribution in [1.29, 1.82) is 0 Å². The molecular formula is C34H29Cl6SiZr. The Balaban J connectivity index is 1.55. The summed E-state index contributed by atoms with van der Waals surface area (Å²) in [6, 6.07) is 24.3. The second kappa shape index (κ2) is 11.2. The second-order valence-electron chi connectivity index (χ2n) is 12.0. The van der Waals surface area contributed by atoms with Gasteiger partial charge in [0.15, 0.2) is 0 Å². The van der Waals surface area contributed by atoms with Crippen molar-refractivity contribution < 1.29 is 15.6 Å². The second-order valence-corrected chi connectivity index (χ2v) is 56.2. The molecule has 2 unspecified atom stereocenters. The summed E-state index contributed by atoms with van der Waals surface area (Å²) in [5, 5.41) is 2.44. The van der Waals surface area contributed by atoms with Crippen LogP contribution in [0.2, 0.25) is 33.2 Å². The van der Waals surface area contributed by atoms with Crippen LogP contribution in [0.25, 0.3) is 34.4 Å². The average Bonchev–Trinajstić information content (AvgIpc) is 3.43. The Bertz CT molecular complexity index is 1670. The first-order valence-electron chi connectivity index (χ1n) is 13.9. The summed E-state index contributed by atoms with van der Waals surface area (Å²) in [5.74, 6) is -1.65. The van der Waals surface area contributed by atoms with Gasteiger partial charge < -0.3 is 0 Å². The fraction of sp³-hybridized carbons (Fsp3) is 0.176. The van der Waals surface area contributed by atoms with Gasteiger partial charge in [0.1, 0.15) is 0 Å². The summed E-state index contributed by atoms with van der Waals surface area (Å²) < 4.78 is -0.00997. The van der Waals surface area contributed by atoms with E-state index in [1.807, 2.05) is 24.3 Å². The molecule has 42 heavy (non-hydrogen) atoms. The molecule has 0 bridgehead atoms. The zero-order valence-corrected chi connectivity index (χ0v) is 31.7. The molecule has 0 nitrogen and oxygen atoms in total. The van der Waals surface area contributed by atoms with Crippen molar-refractivity contribution in [2.24, 2.45) is 0 Å². The van der Waals surface area contributed by atoms with E-state index in [1.165, 1.54) is 22.3 Å². The van der Waals surface area contributed by atoms with Crippen LogP contribution >= 0.6 is 63.4 Å². The van der Waals surface area contributed by atoms with Crippen LogP contribution in [0.5, 0.6) is 0 Å². The van der Waals surface area contributed by atoms with E-state index in [-0.39, 0.29) is 7.25 Å². The van der Waals surface area contributed by atoms with Crippen molar-refractivity contribution in [1.82, 2.24) is 0 Å². The van der Waals surface area contributed by atoms with Gasteiger partial charge in [-0.25, -0.2) is 0 Å². The molecule has 2 atom stereocenters. The van der Waals surface area contributed by atoms with Crippen LogP contribution in [0.1, 0.15) is 43.4 Å². The summed E-state index contributed by atoms with van der Waals surface area (Å²) in [4.78, 5) is 0. The third-order valence-corrected chi connectivity index (χ3v) is 62.2. The first kappa shape index (κ1) is 31.2. The minimum atomic E-state index is -4.80. The minimum absolute atomic E-state index is 0.00498. The molecular weight excluding hydrogens is 740 g/mol. The molecule has 0 heterocycles. The number of hydrogen-bond acceptors (Lipinski definition) is 0. The summed E-state index contributed by atoms with van der Waals surface area (Å²) in [7, 11) is 16.7. The molecule has 215 valence electrons.